The van der Waals surface area contributed by atoms with Crippen molar-refractivity contribution in [1.29, 1.82) is 0 Å². The third-order valence-corrected chi connectivity index (χ3v) is 3.41. The van der Waals surface area contributed by atoms with E-state index >= 15 is 0 Å². The Morgan fingerprint density at radius 1 is 1.17 bits per heavy atom. The van der Waals surface area contributed by atoms with Gasteiger partial charge in [-0.3, -0.25) is 11.3 Å². The Bertz CT molecular complexity index is 140. The maximum Gasteiger partial charge on any atom is 0.0265 e. The van der Waals surface area contributed by atoms with E-state index in [1.165, 1.54) is 32.1 Å². The zero-order valence-corrected chi connectivity index (χ0v) is 7.55. The largest absolute Gasteiger partial charge is 0.314 e. The lowest BCUT2D eigenvalue weighted by Gasteiger charge is -2.41. The van der Waals surface area contributed by atoms with E-state index < -0.39 is 0 Å². The van der Waals surface area contributed by atoms with Crippen molar-refractivity contribution in [2.45, 2.75) is 44.2 Å². The molecule has 0 radical (unpaired) electrons. The zero-order chi connectivity index (χ0) is 8.39. The topological polar surface area (TPSA) is 50.1 Å². The van der Waals surface area contributed by atoms with E-state index in [0.29, 0.717) is 6.04 Å². The van der Waals surface area contributed by atoms with Crippen molar-refractivity contribution in [3.63, 3.8) is 0 Å². The molecule has 1 aliphatic carbocycles. The quantitative estimate of drug-likeness (QED) is 0.393. The van der Waals surface area contributed by atoms with Crippen molar-refractivity contribution in [3.05, 3.63) is 0 Å². The second kappa shape index (κ2) is 3.73. The molecular weight excluding hydrogens is 150 g/mol. The van der Waals surface area contributed by atoms with Gasteiger partial charge in [0.15, 0.2) is 0 Å². The third kappa shape index (κ3) is 1.49. The van der Waals surface area contributed by atoms with Gasteiger partial charge in [0.1, 0.15) is 0 Å². The maximum atomic E-state index is 5.53. The fourth-order valence-corrected chi connectivity index (χ4v) is 2.74. The molecule has 2 fully saturated rings. The fourth-order valence-electron chi connectivity index (χ4n) is 2.74. The first-order valence-corrected chi connectivity index (χ1v) is 5.11. The van der Waals surface area contributed by atoms with Gasteiger partial charge in [0, 0.05) is 12.1 Å². The van der Waals surface area contributed by atoms with Crippen LogP contribution in [0.15, 0.2) is 0 Å². The van der Waals surface area contributed by atoms with E-state index in [2.05, 4.69) is 10.7 Å². The molecule has 1 heterocycles. The number of rotatable bonds is 1. The number of hydrazine groups is 1. The van der Waals surface area contributed by atoms with Crippen LogP contribution in [0.25, 0.3) is 0 Å². The number of fused-ring (bicyclic) bond motifs is 1. The molecule has 70 valence electrons. The fraction of sp³-hybridized carbons (Fsp3) is 1.00. The highest BCUT2D eigenvalue weighted by Gasteiger charge is 2.33. The van der Waals surface area contributed by atoms with Gasteiger partial charge in [0.25, 0.3) is 0 Å². The van der Waals surface area contributed by atoms with Crippen LogP contribution in [0.1, 0.15) is 32.1 Å². The molecule has 0 bridgehead atoms. The summed E-state index contributed by atoms with van der Waals surface area (Å²) in [6.45, 7) is 1.13. The molecular formula is C9H19N3. The highest BCUT2D eigenvalue weighted by Crippen LogP contribution is 2.30. The van der Waals surface area contributed by atoms with Gasteiger partial charge in [-0.05, 0) is 31.7 Å². The Morgan fingerprint density at radius 3 is 2.83 bits per heavy atom. The Morgan fingerprint density at radius 2 is 2.00 bits per heavy atom. The molecule has 0 aromatic carbocycles. The standard InChI is InChI=1S/C9H19N3/c10-12-9-5-6-11-8-4-2-1-3-7(8)9/h7-9,11-12H,1-6,10H2. The van der Waals surface area contributed by atoms with Crippen molar-refractivity contribution in [2.75, 3.05) is 6.54 Å². The molecule has 3 atom stereocenters. The number of piperidine rings is 1. The predicted molar refractivity (Wildman–Crippen MR) is 49.5 cm³/mol. The molecule has 2 aliphatic rings. The van der Waals surface area contributed by atoms with Gasteiger partial charge in [-0.15, -0.1) is 0 Å². The van der Waals surface area contributed by atoms with E-state index in [4.69, 9.17) is 5.84 Å². The van der Waals surface area contributed by atoms with Gasteiger partial charge in [-0.1, -0.05) is 12.8 Å². The normalized spacial score (nSPS) is 42.2. The number of nitrogens with two attached hydrogens (primary N) is 1. The first-order valence-electron chi connectivity index (χ1n) is 5.11. The summed E-state index contributed by atoms with van der Waals surface area (Å²) in [7, 11) is 0. The summed E-state index contributed by atoms with van der Waals surface area (Å²) in [4.78, 5) is 0. The van der Waals surface area contributed by atoms with Crippen LogP contribution in [0.2, 0.25) is 0 Å². The molecule has 2 rings (SSSR count). The first kappa shape index (κ1) is 8.48. The molecule has 0 aromatic heterocycles. The van der Waals surface area contributed by atoms with Crippen LogP contribution in [-0.2, 0) is 0 Å². The third-order valence-electron chi connectivity index (χ3n) is 3.41. The Kier molecular flexibility index (Phi) is 2.63. The summed E-state index contributed by atoms with van der Waals surface area (Å²) in [6, 6.07) is 1.31. The highest BCUT2D eigenvalue weighted by atomic mass is 15.2. The van der Waals surface area contributed by atoms with Crippen molar-refractivity contribution in [1.82, 2.24) is 10.7 Å². The lowest BCUT2D eigenvalue weighted by Crippen LogP contribution is -2.56. The van der Waals surface area contributed by atoms with Crippen LogP contribution in [0, 0.1) is 5.92 Å². The SMILES string of the molecule is NNC1CCNC2CCCCC12. The highest BCUT2D eigenvalue weighted by molar-refractivity contribution is 4.92. The van der Waals surface area contributed by atoms with Crippen LogP contribution >= 0.6 is 0 Å². The first-order chi connectivity index (χ1) is 5.92. The minimum Gasteiger partial charge on any atom is -0.314 e. The predicted octanol–water partition coefficient (Wildman–Crippen LogP) is 0.370. The molecule has 1 saturated carbocycles. The van der Waals surface area contributed by atoms with Gasteiger partial charge in [0.2, 0.25) is 0 Å². The number of hydrogen-bond donors (Lipinski definition) is 3. The summed E-state index contributed by atoms with van der Waals surface area (Å²) < 4.78 is 0. The molecule has 12 heavy (non-hydrogen) atoms. The molecule has 1 saturated heterocycles. The van der Waals surface area contributed by atoms with Crippen LogP contribution in [0.4, 0.5) is 0 Å². The number of hydrogen-bond acceptors (Lipinski definition) is 3. The van der Waals surface area contributed by atoms with Crippen LogP contribution in [0.3, 0.4) is 0 Å². The maximum absolute atomic E-state index is 5.53. The lowest BCUT2D eigenvalue weighted by atomic mass is 9.77. The summed E-state index contributed by atoms with van der Waals surface area (Å²) in [5, 5.41) is 3.59. The average molecular weight is 169 g/mol. The molecule has 4 N–H and O–H groups in total. The molecule has 3 heteroatoms. The lowest BCUT2D eigenvalue weighted by molar-refractivity contribution is 0.162. The summed E-state index contributed by atoms with van der Waals surface area (Å²) in [6.07, 6.45) is 6.68. The number of nitrogens with one attached hydrogen (secondary N) is 2. The van der Waals surface area contributed by atoms with Crippen LogP contribution in [0.5, 0.6) is 0 Å². The molecule has 0 aromatic rings. The molecule has 0 spiro atoms. The minimum absolute atomic E-state index is 0.566. The monoisotopic (exact) mass is 169 g/mol. The van der Waals surface area contributed by atoms with Crippen molar-refractivity contribution in [2.24, 2.45) is 11.8 Å². The van der Waals surface area contributed by atoms with Crippen LogP contribution < -0.4 is 16.6 Å². The smallest absolute Gasteiger partial charge is 0.0265 e. The van der Waals surface area contributed by atoms with Gasteiger partial charge < -0.3 is 5.32 Å². The van der Waals surface area contributed by atoms with Crippen molar-refractivity contribution >= 4 is 0 Å². The Labute approximate surface area is 74.1 Å². The van der Waals surface area contributed by atoms with Gasteiger partial charge >= 0.3 is 0 Å². The summed E-state index contributed by atoms with van der Waals surface area (Å²) in [5.74, 6) is 6.32. The average Bonchev–Trinajstić information content (AvgIpc) is 2.17. The van der Waals surface area contributed by atoms with E-state index in [0.717, 1.165) is 18.5 Å². The second-order valence-corrected chi connectivity index (χ2v) is 4.07. The van der Waals surface area contributed by atoms with Crippen molar-refractivity contribution < 1.29 is 0 Å². The van der Waals surface area contributed by atoms with Gasteiger partial charge in [-0.25, -0.2) is 0 Å². The second-order valence-electron chi connectivity index (χ2n) is 4.07. The van der Waals surface area contributed by atoms with E-state index in [1.807, 2.05) is 0 Å². The molecule has 3 unspecified atom stereocenters. The van der Waals surface area contributed by atoms with Gasteiger partial charge in [0.05, 0.1) is 0 Å². The van der Waals surface area contributed by atoms with Crippen molar-refractivity contribution in [3.8, 4) is 0 Å². The van der Waals surface area contributed by atoms with Gasteiger partial charge in [-0.2, -0.15) is 0 Å². The summed E-state index contributed by atoms with van der Waals surface area (Å²) in [5.41, 5.74) is 2.96. The Balaban J connectivity index is 1.99. The zero-order valence-electron chi connectivity index (χ0n) is 7.55. The Hall–Kier alpha value is -0.120. The molecule has 3 nitrogen and oxygen atoms in total. The molecule has 0 amide bonds. The minimum atomic E-state index is 0.566. The molecule has 1 aliphatic heterocycles. The van der Waals surface area contributed by atoms with E-state index in [-0.39, 0.29) is 0 Å². The van der Waals surface area contributed by atoms with E-state index in [1.54, 1.807) is 0 Å². The van der Waals surface area contributed by atoms with Crippen LogP contribution in [-0.4, -0.2) is 18.6 Å². The summed E-state index contributed by atoms with van der Waals surface area (Å²) >= 11 is 0. The van der Waals surface area contributed by atoms with E-state index in [9.17, 15) is 0 Å².